The van der Waals surface area contributed by atoms with Crippen LogP contribution in [0, 0.1) is 11.3 Å². The molecule has 2 heteroatoms. The van der Waals surface area contributed by atoms with Gasteiger partial charge in [-0.25, -0.2) is 0 Å². The van der Waals surface area contributed by atoms with Crippen LogP contribution in [0.2, 0.25) is 0 Å². The molecule has 2 nitrogen and oxygen atoms in total. The SMILES string of the molecule is CNCC1(C)CCN(CC2CCCCC2)C1. The summed E-state index contributed by atoms with van der Waals surface area (Å²) in [7, 11) is 2.08. The Kier molecular flexibility index (Phi) is 4.26. The third-order valence-electron chi connectivity index (χ3n) is 4.48. The summed E-state index contributed by atoms with van der Waals surface area (Å²) in [6.45, 7) is 7.62. The molecule has 0 amide bonds. The van der Waals surface area contributed by atoms with Crippen molar-refractivity contribution < 1.29 is 0 Å². The summed E-state index contributed by atoms with van der Waals surface area (Å²) in [6.07, 6.45) is 8.78. The van der Waals surface area contributed by atoms with Crippen LogP contribution in [-0.2, 0) is 0 Å². The third-order valence-corrected chi connectivity index (χ3v) is 4.48. The number of likely N-dealkylation sites (tertiary alicyclic amines) is 1. The van der Waals surface area contributed by atoms with Crippen LogP contribution in [-0.4, -0.2) is 38.1 Å². The maximum absolute atomic E-state index is 3.35. The molecule has 1 unspecified atom stereocenters. The van der Waals surface area contributed by atoms with Gasteiger partial charge in [0.15, 0.2) is 0 Å². The second-order valence-electron chi connectivity index (χ2n) is 6.33. The molecule has 94 valence electrons. The van der Waals surface area contributed by atoms with Gasteiger partial charge < -0.3 is 10.2 Å². The van der Waals surface area contributed by atoms with Crippen LogP contribution in [0.4, 0.5) is 0 Å². The summed E-state index contributed by atoms with van der Waals surface area (Å²) >= 11 is 0. The van der Waals surface area contributed by atoms with Gasteiger partial charge in [0, 0.05) is 19.6 Å². The standard InChI is InChI=1S/C14H28N2/c1-14(11-15-2)8-9-16(12-14)10-13-6-4-3-5-7-13/h13,15H,3-12H2,1-2H3. The maximum Gasteiger partial charge on any atom is 0.00481 e. The minimum atomic E-state index is 0.531. The maximum atomic E-state index is 3.35. The smallest absolute Gasteiger partial charge is 0.00481 e. The second kappa shape index (κ2) is 5.50. The van der Waals surface area contributed by atoms with Gasteiger partial charge in [-0.15, -0.1) is 0 Å². The Morgan fingerprint density at radius 1 is 1.25 bits per heavy atom. The molecule has 1 N–H and O–H groups in total. The highest BCUT2D eigenvalue weighted by atomic mass is 15.2. The molecule has 0 radical (unpaired) electrons. The molecule has 0 aromatic rings. The van der Waals surface area contributed by atoms with Crippen molar-refractivity contribution in [3.63, 3.8) is 0 Å². The lowest BCUT2D eigenvalue weighted by Gasteiger charge is -2.28. The van der Waals surface area contributed by atoms with Crippen molar-refractivity contribution in [2.24, 2.45) is 11.3 Å². The molecule has 2 fully saturated rings. The molecular formula is C14H28N2. The first kappa shape index (κ1) is 12.4. The molecular weight excluding hydrogens is 196 g/mol. The number of hydrogen-bond donors (Lipinski definition) is 1. The van der Waals surface area contributed by atoms with E-state index >= 15 is 0 Å². The molecule has 0 spiro atoms. The molecule has 1 saturated carbocycles. The van der Waals surface area contributed by atoms with Crippen molar-refractivity contribution >= 4 is 0 Å². The van der Waals surface area contributed by atoms with Crippen molar-refractivity contribution in [3.05, 3.63) is 0 Å². The van der Waals surface area contributed by atoms with Crippen molar-refractivity contribution in [2.75, 3.05) is 33.2 Å². The highest BCUT2D eigenvalue weighted by Gasteiger charge is 2.33. The van der Waals surface area contributed by atoms with Crippen LogP contribution in [0.5, 0.6) is 0 Å². The Labute approximate surface area is 101 Å². The van der Waals surface area contributed by atoms with Gasteiger partial charge in [-0.2, -0.15) is 0 Å². The van der Waals surface area contributed by atoms with Gasteiger partial charge in [0.25, 0.3) is 0 Å². The van der Waals surface area contributed by atoms with E-state index < -0.39 is 0 Å². The van der Waals surface area contributed by atoms with Crippen LogP contribution in [0.3, 0.4) is 0 Å². The number of nitrogens with zero attached hydrogens (tertiary/aromatic N) is 1. The van der Waals surface area contributed by atoms with Gasteiger partial charge >= 0.3 is 0 Å². The Bertz CT molecular complexity index is 211. The van der Waals surface area contributed by atoms with E-state index in [0.29, 0.717) is 5.41 Å². The first-order valence-electron chi connectivity index (χ1n) is 7.09. The van der Waals surface area contributed by atoms with E-state index in [4.69, 9.17) is 0 Å². The molecule has 1 aliphatic carbocycles. The van der Waals surface area contributed by atoms with Crippen LogP contribution in [0.1, 0.15) is 45.4 Å². The monoisotopic (exact) mass is 224 g/mol. The summed E-state index contributed by atoms with van der Waals surface area (Å²) in [5, 5.41) is 3.35. The van der Waals surface area contributed by atoms with Crippen molar-refractivity contribution in [2.45, 2.75) is 45.4 Å². The summed E-state index contributed by atoms with van der Waals surface area (Å²) in [6, 6.07) is 0. The van der Waals surface area contributed by atoms with E-state index in [0.717, 1.165) is 5.92 Å². The fourth-order valence-electron chi connectivity index (χ4n) is 3.59. The number of hydrogen-bond acceptors (Lipinski definition) is 2. The molecule has 1 saturated heterocycles. The summed E-state index contributed by atoms with van der Waals surface area (Å²) in [5.41, 5.74) is 0.531. The summed E-state index contributed by atoms with van der Waals surface area (Å²) in [4.78, 5) is 2.72. The fraction of sp³-hybridized carbons (Fsp3) is 1.00. The summed E-state index contributed by atoms with van der Waals surface area (Å²) < 4.78 is 0. The highest BCUT2D eigenvalue weighted by Crippen LogP contribution is 2.31. The minimum Gasteiger partial charge on any atom is -0.319 e. The van der Waals surface area contributed by atoms with Crippen LogP contribution < -0.4 is 5.32 Å². The molecule has 1 atom stereocenters. The van der Waals surface area contributed by atoms with Gasteiger partial charge in [0.2, 0.25) is 0 Å². The van der Waals surface area contributed by atoms with E-state index in [1.165, 1.54) is 64.7 Å². The van der Waals surface area contributed by atoms with Gasteiger partial charge in [-0.3, -0.25) is 0 Å². The van der Waals surface area contributed by atoms with Crippen molar-refractivity contribution in [3.8, 4) is 0 Å². The van der Waals surface area contributed by atoms with E-state index in [2.05, 4.69) is 24.2 Å². The third kappa shape index (κ3) is 3.21. The van der Waals surface area contributed by atoms with Gasteiger partial charge in [0.05, 0.1) is 0 Å². The van der Waals surface area contributed by atoms with Gasteiger partial charge in [-0.1, -0.05) is 26.2 Å². The zero-order valence-corrected chi connectivity index (χ0v) is 11.1. The van der Waals surface area contributed by atoms with Crippen molar-refractivity contribution in [1.29, 1.82) is 0 Å². The predicted octanol–water partition coefficient (Wildman–Crippen LogP) is 2.50. The molecule has 1 aliphatic heterocycles. The molecule has 0 aromatic carbocycles. The van der Waals surface area contributed by atoms with E-state index in [1.54, 1.807) is 0 Å². The average molecular weight is 224 g/mol. The van der Waals surface area contributed by atoms with E-state index in [1.807, 2.05) is 0 Å². The molecule has 2 aliphatic rings. The first-order chi connectivity index (χ1) is 7.72. The zero-order chi connectivity index (χ0) is 11.4. The Hall–Kier alpha value is -0.0800. The second-order valence-corrected chi connectivity index (χ2v) is 6.33. The molecule has 0 bridgehead atoms. The lowest BCUT2D eigenvalue weighted by atomic mass is 9.88. The van der Waals surface area contributed by atoms with Gasteiger partial charge in [-0.05, 0) is 44.2 Å². The largest absolute Gasteiger partial charge is 0.319 e. The quantitative estimate of drug-likeness (QED) is 0.789. The predicted molar refractivity (Wildman–Crippen MR) is 69.7 cm³/mol. The number of nitrogens with one attached hydrogen (secondary N) is 1. The lowest BCUT2D eigenvalue weighted by molar-refractivity contribution is 0.210. The van der Waals surface area contributed by atoms with Crippen LogP contribution in [0.15, 0.2) is 0 Å². The molecule has 2 rings (SSSR count). The lowest BCUT2D eigenvalue weighted by Crippen LogP contribution is -2.35. The Morgan fingerprint density at radius 2 is 2.00 bits per heavy atom. The van der Waals surface area contributed by atoms with E-state index in [9.17, 15) is 0 Å². The topological polar surface area (TPSA) is 15.3 Å². The Morgan fingerprint density at radius 3 is 2.69 bits per heavy atom. The molecule has 1 heterocycles. The highest BCUT2D eigenvalue weighted by molar-refractivity contribution is 4.88. The minimum absolute atomic E-state index is 0.531. The van der Waals surface area contributed by atoms with Crippen LogP contribution >= 0.6 is 0 Å². The fourth-order valence-corrected chi connectivity index (χ4v) is 3.59. The average Bonchev–Trinajstić information content (AvgIpc) is 2.62. The van der Waals surface area contributed by atoms with Gasteiger partial charge in [0.1, 0.15) is 0 Å². The van der Waals surface area contributed by atoms with Crippen molar-refractivity contribution in [1.82, 2.24) is 10.2 Å². The first-order valence-corrected chi connectivity index (χ1v) is 7.09. The number of rotatable bonds is 4. The molecule has 16 heavy (non-hydrogen) atoms. The summed E-state index contributed by atoms with van der Waals surface area (Å²) in [5.74, 6) is 1.01. The normalized spacial score (nSPS) is 33.4. The molecule has 0 aromatic heterocycles. The zero-order valence-electron chi connectivity index (χ0n) is 11.1. The van der Waals surface area contributed by atoms with E-state index in [-0.39, 0.29) is 0 Å². The van der Waals surface area contributed by atoms with Crippen LogP contribution in [0.25, 0.3) is 0 Å². The Balaban J connectivity index is 1.75.